The van der Waals surface area contributed by atoms with E-state index < -0.39 is 0 Å². The summed E-state index contributed by atoms with van der Waals surface area (Å²) >= 11 is 0. The van der Waals surface area contributed by atoms with E-state index >= 15 is 0 Å². The Labute approximate surface area is 109 Å². The van der Waals surface area contributed by atoms with Crippen LogP contribution in [0.25, 0.3) is 0 Å². The lowest BCUT2D eigenvalue weighted by Gasteiger charge is -2.44. The largest absolute Gasteiger partial charge is 0.343 e. The molecule has 0 aromatic heterocycles. The standard InChI is InChI=1S/C14H24N2O2/c1-3-7-12-13(17)15-10(2)14(18)16(12)11-8-5-4-6-9-11/h10-12H,3-9H2,1-2H3,(H,15,17). The van der Waals surface area contributed by atoms with Crippen LogP contribution in [-0.4, -0.2) is 34.8 Å². The minimum absolute atomic E-state index is 0.0366. The summed E-state index contributed by atoms with van der Waals surface area (Å²) in [5, 5.41) is 2.80. The van der Waals surface area contributed by atoms with Crippen molar-refractivity contribution in [2.45, 2.75) is 76.9 Å². The van der Waals surface area contributed by atoms with Crippen molar-refractivity contribution in [3.63, 3.8) is 0 Å². The van der Waals surface area contributed by atoms with Gasteiger partial charge < -0.3 is 10.2 Å². The lowest BCUT2D eigenvalue weighted by atomic mass is 9.90. The molecular formula is C14H24N2O2. The van der Waals surface area contributed by atoms with Crippen molar-refractivity contribution in [2.24, 2.45) is 0 Å². The molecule has 0 bridgehead atoms. The zero-order chi connectivity index (χ0) is 13.1. The van der Waals surface area contributed by atoms with Gasteiger partial charge in [-0.05, 0) is 26.2 Å². The van der Waals surface area contributed by atoms with Crippen LogP contribution in [0.1, 0.15) is 58.8 Å². The Kier molecular flexibility index (Phi) is 4.25. The Hall–Kier alpha value is -1.06. The summed E-state index contributed by atoms with van der Waals surface area (Å²) in [5.74, 6) is 0.148. The van der Waals surface area contributed by atoms with E-state index in [9.17, 15) is 9.59 Å². The first kappa shape index (κ1) is 13.4. The number of nitrogens with zero attached hydrogens (tertiary/aromatic N) is 1. The molecule has 2 aliphatic rings. The quantitative estimate of drug-likeness (QED) is 0.833. The minimum atomic E-state index is -0.354. The minimum Gasteiger partial charge on any atom is -0.343 e. The van der Waals surface area contributed by atoms with Crippen molar-refractivity contribution in [3.8, 4) is 0 Å². The van der Waals surface area contributed by atoms with E-state index in [4.69, 9.17) is 0 Å². The summed E-state index contributed by atoms with van der Waals surface area (Å²) in [5.41, 5.74) is 0. The molecule has 18 heavy (non-hydrogen) atoms. The van der Waals surface area contributed by atoms with Gasteiger partial charge in [0.2, 0.25) is 11.8 Å². The number of hydrogen-bond donors (Lipinski definition) is 1. The maximum absolute atomic E-state index is 12.4. The summed E-state index contributed by atoms with van der Waals surface area (Å²) in [4.78, 5) is 26.4. The van der Waals surface area contributed by atoms with Crippen molar-refractivity contribution in [3.05, 3.63) is 0 Å². The topological polar surface area (TPSA) is 49.4 Å². The lowest BCUT2D eigenvalue weighted by Crippen LogP contribution is -2.65. The molecule has 4 nitrogen and oxygen atoms in total. The van der Waals surface area contributed by atoms with E-state index in [1.165, 1.54) is 19.3 Å². The van der Waals surface area contributed by atoms with Crippen LogP contribution in [0.15, 0.2) is 0 Å². The third kappa shape index (κ3) is 2.52. The molecule has 0 radical (unpaired) electrons. The van der Waals surface area contributed by atoms with Crippen LogP contribution in [0.4, 0.5) is 0 Å². The van der Waals surface area contributed by atoms with E-state index in [1.807, 2.05) is 4.90 Å². The average molecular weight is 252 g/mol. The van der Waals surface area contributed by atoms with Gasteiger partial charge in [0.25, 0.3) is 0 Å². The SMILES string of the molecule is CCCC1C(=O)NC(C)C(=O)N1C1CCCCC1. The first-order valence-corrected chi connectivity index (χ1v) is 7.27. The molecular weight excluding hydrogens is 228 g/mol. The fourth-order valence-corrected chi connectivity index (χ4v) is 3.21. The Bertz CT molecular complexity index is 324. The van der Waals surface area contributed by atoms with Crippen LogP contribution < -0.4 is 5.32 Å². The molecule has 1 N–H and O–H groups in total. The van der Waals surface area contributed by atoms with Gasteiger partial charge in [-0.15, -0.1) is 0 Å². The summed E-state index contributed by atoms with van der Waals surface area (Å²) < 4.78 is 0. The molecule has 102 valence electrons. The summed E-state index contributed by atoms with van der Waals surface area (Å²) in [6.45, 7) is 3.85. The molecule has 2 amide bonds. The molecule has 1 heterocycles. The van der Waals surface area contributed by atoms with E-state index in [1.54, 1.807) is 6.92 Å². The number of carbonyl (C=O) groups excluding carboxylic acids is 2. The van der Waals surface area contributed by atoms with Crippen molar-refractivity contribution in [1.29, 1.82) is 0 Å². The number of hydrogen-bond acceptors (Lipinski definition) is 2. The van der Waals surface area contributed by atoms with Crippen LogP contribution in [0.2, 0.25) is 0 Å². The maximum atomic E-state index is 12.4. The highest BCUT2D eigenvalue weighted by Crippen LogP contribution is 2.27. The van der Waals surface area contributed by atoms with Crippen molar-refractivity contribution < 1.29 is 9.59 Å². The number of carbonyl (C=O) groups is 2. The van der Waals surface area contributed by atoms with Gasteiger partial charge in [-0.3, -0.25) is 9.59 Å². The summed E-state index contributed by atoms with van der Waals surface area (Å²) in [7, 11) is 0. The van der Waals surface area contributed by atoms with E-state index in [2.05, 4.69) is 12.2 Å². The molecule has 4 heteroatoms. The Morgan fingerprint density at radius 3 is 2.50 bits per heavy atom. The van der Waals surface area contributed by atoms with Gasteiger partial charge >= 0.3 is 0 Å². The van der Waals surface area contributed by atoms with Gasteiger partial charge in [0, 0.05) is 6.04 Å². The molecule has 0 aromatic rings. The summed E-state index contributed by atoms with van der Waals surface area (Å²) in [6.07, 6.45) is 7.47. The van der Waals surface area contributed by atoms with Crippen LogP contribution in [0, 0.1) is 0 Å². The third-order valence-electron chi connectivity index (χ3n) is 4.15. The molecule has 2 fully saturated rings. The first-order chi connectivity index (χ1) is 8.65. The Balaban J connectivity index is 2.18. The predicted octanol–water partition coefficient (Wildman–Crippen LogP) is 1.83. The zero-order valence-corrected chi connectivity index (χ0v) is 11.4. The van der Waals surface area contributed by atoms with Crippen LogP contribution >= 0.6 is 0 Å². The smallest absolute Gasteiger partial charge is 0.245 e. The van der Waals surface area contributed by atoms with Crippen LogP contribution in [0.5, 0.6) is 0 Å². The highest BCUT2D eigenvalue weighted by Gasteiger charge is 2.41. The maximum Gasteiger partial charge on any atom is 0.245 e. The zero-order valence-electron chi connectivity index (χ0n) is 11.4. The van der Waals surface area contributed by atoms with Crippen molar-refractivity contribution in [1.82, 2.24) is 10.2 Å². The summed E-state index contributed by atoms with van der Waals surface area (Å²) in [6, 6.07) is -0.300. The van der Waals surface area contributed by atoms with Crippen LogP contribution in [-0.2, 0) is 9.59 Å². The van der Waals surface area contributed by atoms with Gasteiger partial charge in [0.1, 0.15) is 12.1 Å². The third-order valence-corrected chi connectivity index (χ3v) is 4.15. The molecule has 0 aromatic carbocycles. The van der Waals surface area contributed by atoms with Crippen LogP contribution in [0.3, 0.4) is 0 Å². The monoisotopic (exact) mass is 252 g/mol. The normalized spacial score (nSPS) is 30.4. The molecule has 1 saturated heterocycles. The number of amides is 2. The molecule has 2 rings (SSSR count). The Morgan fingerprint density at radius 1 is 1.22 bits per heavy atom. The molecule has 0 spiro atoms. The fourth-order valence-electron chi connectivity index (χ4n) is 3.21. The van der Waals surface area contributed by atoms with Crippen molar-refractivity contribution >= 4 is 11.8 Å². The van der Waals surface area contributed by atoms with E-state index in [0.717, 1.165) is 25.7 Å². The van der Waals surface area contributed by atoms with Gasteiger partial charge in [0.05, 0.1) is 0 Å². The molecule has 1 aliphatic carbocycles. The first-order valence-electron chi connectivity index (χ1n) is 7.27. The van der Waals surface area contributed by atoms with Crippen molar-refractivity contribution in [2.75, 3.05) is 0 Å². The molecule has 2 atom stereocenters. The number of piperazine rings is 1. The fraction of sp³-hybridized carbons (Fsp3) is 0.857. The van der Waals surface area contributed by atoms with Gasteiger partial charge in [-0.25, -0.2) is 0 Å². The number of rotatable bonds is 3. The molecule has 2 unspecified atom stereocenters. The molecule has 1 aliphatic heterocycles. The lowest BCUT2D eigenvalue weighted by molar-refractivity contribution is -0.152. The van der Waals surface area contributed by atoms with E-state index in [-0.39, 0.29) is 29.9 Å². The average Bonchev–Trinajstić information content (AvgIpc) is 2.37. The molecule has 1 saturated carbocycles. The van der Waals surface area contributed by atoms with Gasteiger partial charge in [0.15, 0.2) is 0 Å². The second kappa shape index (κ2) is 5.72. The van der Waals surface area contributed by atoms with Gasteiger partial charge in [-0.2, -0.15) is 0 Å². The highest BCUT2D eigenvalue weighted by atomic mass is 16.2. The number of nitrogens with one attached hydrogen (secondary N) is 1. The second-order valence-corrected chi connectivity index (χ2v) is 5.57. The Morgan fingerprint density at radius 2 is 1.89 bits per heavy atom. The highest BCUT2D eigenvalue weighted by molar-refractivity contribution is 5.96. The predicted molar refractivity (Wildman–Crippen MR) is 70.0 cm³/mol. The van der Waals surface area contributed by atoms with Gasteiger partial charge in [-0.1, -0.05) is 32.6 Å². The second-order valence-electron chi connectivity index (χ2n) is 5.57. The van der Waals surface area contributed by atoms with E-state index in [0.29, 0.717) is 0 Å².